The molecule has 11 nitrogen and oxygen atoms in total. The first kappa shape index (κ1) is 19.4. The van der Waals surface area contributed by atoms with E-state index in [1.807, 2.05) is 0 Å². The third-order valence-electron chi connectivity index (χ3n) is 3.64. The van der Waals surface area contributed by atoms with Crippen LogP contribution in [0.25, 0.3) is 0 Å². The molecule has 2 atom stereocenters. The molecule has 2 aliphatic heterocycles. The summed E-state index contributed by atoms with van der Waals surface area (Å²) in [5.74, 6) is 2.19. The largest absolute Gasteiger partial charge is 0.418 e. The molecule has 25 heavy (non-hydrogen) atoms. The van der Waals surface area contributed by atoms with Crippen molar-refractivity contribution in [3.63, 3.8) is 0 Å². The minimum Gasteiger partial charge on any atom is -0.309 e. The monoisotopic (exact) mass is 390 g/mol. The number of hydrogen-bond acceptors (Lipinski definition) is 7. The molecule has 2 fully saturated rings. The number of piperidine rings is 1. The Balaban J connectivity index is 2.11. The zero-order valence-corrected chi connectivity index (χ0v) is 13.2. The second kappa shape index (κ2) is 6.40. The number of nitrogens with zero attached hydrogens (tertiary/aromatic N) is 3. The average molecular weight is 390 g/mol. The van der Waals surface area contributed by atoms with Gasteiger partial charge >= 0.3 is 22.6 Å². The molecule has 0 aliphatic carbocycles. The highest BCUT2D eigenvalue weighted by atomic mass is 32.3. The van der Waals surface area contributed by atoms with Gasteiger partial charge in [0.25, 0.3) is 11.8 Å². The maximum atomic E-state index is 12.2. The van der Waals surface area contributed by atoms with Crippen molar-refractivity contribution in [1.29, 1.82) is 0 Å². The summed E-state index contributed by atoms with van der Waals surface area (Å²) in [6, 6.07) is -3.26. The molecule has 0 aromatic rings. The van der Waals surface area contributed by atoms with Crippen molar-refractivity contribution in [3.05, 3.63) is 0 Å². The van der Waals surface area contributed by atoms with Gasteiger partial charge in [0, 0.05) is 6.54 Å². The SMILES string of the molecule is NN(C(=O)CC(F)(F)F)C(=O)[C@H]1CC[C@H]2CN1C(=O)N2OS(=O)(=O)O. The summed E-state index contributed by atoms with van der Waals surface area (Å²) in [6.45, 7) is -0.188. The fraction of sp³-hybridized carbons (Fsp3) is 0.700. The van der Waals surface area contributed by atoms with E-state index < -0.39 is 52.9 Å². The lowest BCUT2D eigenvalue weighted by Crippen LogP contribution is -2.55. The van der Waals surface area contributed by atoms with Crippen LogP contribution < -0.4 is 5.84 Å². The number of hydrogen-bond donors (Lipinski definition) is 2. The lowest BCUT2D eigenvalue weighted by molar-refractivity contribution is -0.166. The summed E-state index contributed by atoms with van der Waals surface area (Å²) < 4.78 is 70.9. The maximum Gasteiger partial charge on any atom is 0.418 e. The van der Waals surface area contributed by atoms with Gasteiger partial charge in [0.15, 0.2) is 0 Å². The first-order valence-corrected chi connectivity index (χ1v) is 8.12. The van der Waals surface area contributed by atoms with Gasteiger partial charge in [-0.15, -0.1) is 4.28 Å². The van der Waals surface area contributed by atoms with E-state index >= 15 is 0 Å². The van der Waals surface area contributed by atoms with Gasteiger partial charge in [0.05, 0.1) is 6.04 Å². The Kier molecular flexibility index (Phi) is 4.95. The lowest BCUT2D eigenvalue weighted by atomic mass is 10.00. The standard InChI is InChI=1S/C10H13F3N4O7S/c11-10(12,13)3-7(18)16(14)8(19)6-2-1-5-4-15(6)9(20)17(5)24-25(21,22)23/h5-6H,1-4,14H2,(H,21,22,23)/t5-,6+/m0/s1. The van der Waals surface area contributed by atoms with Gasteiger partial charge in [0.2, 0.25) is 0 Å². The molecule has 4 amide bonds. The minimum atomic E-state index is -4.99. The molecule has 2 bridgehead atoms. The molecule has 2 aliphatic rings. The van der Waals surface area contributed by atoms with Gasteiger partial charge in [-0.25, -0.2) is 15.6 Å². The Morgan fingerprint density at radius 1 is 1.36 bits per heavy atom. The lowest BCUT2D eigenvalue weighted by Gasteiger charge is -2.31. The summed E-state index contributed by atoms with van der Waals surface area (Å²) in [5, 5.41) is 0.138. The highest BCUT2D eigenvalue weighted by Crippen LogP contribution is 2.31. The second-order valence-electron chi connectivity index (χ2n) is 5.40. The maximum absolute atomic E-state index is 12.2. The van der Waals surface area contributed by atoms with Crippen LogP contribution in [0.2, 0.25) is 0 Å². The number of rotatable bonds is 4. The van der Waals surface area contributed by atoms with Crippen molar-refractivity contribution < 1.29 is 44.8 Å². The van der Waals surface area contributed by atoms with Gasteiger partial charge in [-0.3, -0.25) is 14.1 Å². The third-order valence-corrected chi connectivity index (χ3v) is 3.99. The number of fused-ring (bicyclic) bond motifs is 2. The predicted octanol–water partition coefficient (Wildman–Crippen LogP) is -0.829. The van der Waals surface area contributed by atoms with E-state index in [0.29, 0.717) is 5.06 Å². The van der Waals surface area contributed by atoms with E-state index in [0.717, 1.165) is 4.90 Å². The van der Waals surface area contributed by atoms with Crippen molar-refractivity contribution in [2.75, 3.05) is 6.54 Å². The van der Waals surface area contributed by atoms with Crippen molar-refractivity contribution in [2.45, 2.75) is 37.5 Å². The molecule has 0 aromatic heterocycles. The molecular weight excluding hydrogens is 377 g/mol. The molecule has 2 saturated heterocycles. The molecule has 0 aromatic carbocycles. The Labute approximate surface area is 138 Å². The molecule has 0 radical (unpaired) electrons. The number of alkyl halides is 3. The molecule has 2 rings (SSSR count). The number of nitrogens with two attached hydrogens (primary N) is 1. The van der Waals surface area contributed by atoms with Crippen LogP contribution in [0.3, 0.4) is 0 Å². The fourth-order valence-corrected chi connectivity index (χ4v) is 3.02. The molecule has 15 heteroatoms. The first-order chi connectivity index (χ1) is 11.3. The number of urea groups is 1. The summed E-state index contributed by atoms with van der Waals surface area (Å²) in [5.41, 5.74) is 0. The zero-order chi connectivity index (χ0) is 19.2. The molecule has 0 spiro atoms. The van der Waals surface area contributed by atoms with E-state index in [2.05, 4.69) is 4.28 Å². The van der Waals surface area contributed by atoms with Gasteiger partial charge in [-0.05, 0) is 12.8 Å². The molecule has 142 valence electrons. The molecule has 3 N–H and O–H groups in total. The molecule has 0 unspecified atom stereocenters. The van der Waals surface area contributed by atoms with Crippen LogP contribution in [-0.2, 0) is 24.3 Å². The van der Waals surface area contributed by atoms with E-state index in [9.17, 15) is 36.0 Å². The van der Waals surface area contributed by atoms with Crippen LogP contribution in [0.15, 0.2) is 0 Å². The van der Waals surface area contributed by atoms with Crippen LogP contribution in [0.1, 0.15) is 19.3 Å². The van der Waals surface area contributed by atoms with Crippen LogP contribution in [-0.4, -0.2) is 70.6 Å². The molecule has 0 saturated carbocycles. The summed E-state index contributed by atoms with van der Waals surface area (Å²) in [4.78, 5) is 36.4. The summed E-state index contributed by atoms with van der Waals surface area (Å²) >= 11 is 0. The highest BCUT2D eigenvalue weighted by Gasteiger charge is 2.50. The van der Waals surface area contributed by atoms with Crippen molar-refractivity contribution >= 4 is 28.2 Å². The number of hydrazine groups is 1. The number of amides is 4. The van der Waals surface area contributed by atoms with Crippen molar-refractivity contribution in [2.24, 2.45) is 5.84 Å². The van der Waals surface area contributed by atoms with Crippen LogP contribution >= 0.6 is 0 Å². The average Bonchev–Trinajstić information content (AvgIpc) is 2.68. The van der Waals surface area contributed by atoms with E-state index in [4.69, 9.17) is 10.4 Å². The summed E-state index contributed by atoms with van der Waals surface area (Å²) in [7, 11) is -4.99. The normalized spacial score (nSPS) is 23.8. The molecule has 2 heterocycles. The van der Waals surface area contributed by atoms with Gasteiger partial charge in [-0.2, -0.15) is 26.7 Å². The third kappa shape index (κ3) is 4.36. The molecular formula is C10H13F3N4O7S. The van der Waals surface area contributed by atoms with E-state index in [-0.39, 0.29) is 24.4 Å². The number of hydroxylamine groups is 2. The predicted molar refractivity (Wildman–Crippen MR) is 70.1 cm³/mol. The second-order valence-corrected chi connectivity index (χ2v) is 6.41. The van der Waals surface area contributed by atoms with E-state index in [1.165, 1.54) is 0 Å². The Morgan fingerprint density at radius 3 is 2.48 bits per heavy atom. The van der Waals surface area contributed by atoms with Gasteiger partial charge in [-0.1, -0.05) is 0 Å². The van der Waals surface area contributed by atoms with Gasteiger partial charge < -0.3 is 4.90 Å². The quantitative estimate of drug-likeness (QED) is 0.273. The Bertz CT molecular complexity index is 697. The summed E-state index contributed by atoms with van der Waals surface area (Å²) in [6.07, 6.45) is -6.87. The van der Waals surface area contributed by atoms with Crippen molar-refractivity contribution in [3.8, 4) is 0 Å². The van der Waals surface area contributed by atoms with Gasteiger partial charge in [0.1, 0.15) is 12.5 Å². The number of imide groups is 1. The Morgan fingerprint density at radius 2 is 1.96 bits per heavy atom. The van der Waals surface area contributed by atoms with Crippen LogP contribution in [0.5, 0.6) is 0 Å². The number of halogens is 3. The Hall–Kier alpha value is -1.97. The van der Waals surface area contributed by atoms with Crippen molar-refractivity contribution in [1.82, 2.24) is 15.0 Å². The number of carbonyl (C=O) groups is 3. The minimum absolute atomic E-state index is 0.0372. The first-order valence-electron chi connectivity index (χ1n) is 6.75. The number of carbonyl (C=O) groups excluding carboxylic acids is 3. The fourth-order valence-electron chi connectivity index (χ4n) is 2.63. The highest BCUT2D eigenvalue weighted by molar-refractivity contribution is 7.80. The van der Waals surface area contributed by atoms with Crippen LogP contribution in [0, 0.1) is 0 Å². The smallest absolute Gasteiger partial charge is 0.309 e. The zero-order valence-electron chi connectivity index (χ0n) is 12.3. The topological polar surface area (TPSA) is 151 Å². The van der Waals surface area contributed by atoms with E-state index in [1.54, 1.807) is 0 Å². The van der Waals surface area contributed by atoms with Crippen LogP contribution in [0.4, 0.5) is 18.0 Å².